The number of nitrogens with one attached hydrogen (secondary N) is 1. The maximum absolute atomic E-state index is 12.8. The average Bonchev–Trinajstić information content (AvgIpc) is 3.16. The number of hydrogen-bond acceptors (Lipinski definition) is 5. The molecule has 0 saturated carbocycles. The highest BCUT2D eigenvalue weighted by Gasteiger charge is 2.33. The third-order valence-electron chi connectivity index (χ3n) is 4.73. The molecule has 1 N–H and O–H groups in total. The van der Waals surface area contributed by atoms with Gasteiger partial charge in [-0.05, 0) is 43.2 Å². The Hall–Kier alpha value is -2.29. The minimum absolute atomic E-state index is 0.146. The van der Waals surface area contributed by atoms with E-state index in [2.05, 4.69) is 10.3 Å². The number of anilines is 1. The molecule has 2 heterocycles. The molecule has 8 heteroatoms. The summed E-state index contributed by atoms with van der Waals surface area (Å²) < 4.78 is 28.1. The summed E-state index contributed by atoms with van der Waals surface area (Å²) in [5, 5.41) is 2.92. The van der Waals surface area contributed by atoms with Crippen LogP contribution in [0.1, 0.15) is 12.8 Å². The fourth-order valence-electron chi connectivity index (χ4n) is 3.29. The Kier molecular flexibility index (Phi) is 4.94. The standard InChI is InChI=1S/C19H19N3O3S2/c23-19(21-15-8-9-17-18(11-15)26-13-20-17)14-5-4-10-22(12-14)27(24,25)16-6-2-1-3-7-16/h1-3,6-9,11,13-14H,4-5,10,12H2,(H,21,23). The van der Waals surface area contributed by atoms with E-state index in [9.17, 15) is 13.2 Å². The Morgan fingerprint density at radius 2 is 2.00 bits per heavy atom. The third kappa shape index (κ3) is 3.73. The SMILES string of the molecule is O=C(Nc1ccc2ncsc2c1)C1CCCN(S(=O)(=O)c2ccccc2)C1. The van der Waals surface area contributed by atoms with Gasteiger partial charge in [-0.2, -0.15) is 4.31 Å². The molecule has 6 nitrogen and oxygen atoms in total. The van der Waals surface area contributed by atoms with Crippen molar-refractivity contribution < 1.29 is 13.2 Å². The lowest BCUT2D eigenvalue weighted by Gasteiger charge is -2.31. The van der Waals surface area contributed by atoms with Crippen molar-refractivity contribution in [3.05, 3.63) is 54.0 Å². The molecule has 4 rings (SSSR count). The molecule has 1 atom stereocenters. The van der Waals surface area contributed by atoms with Gasteiger partial charge in [0.15, 0.2) is 0 Å². The van der Waals surface area contributed by atoms with Gasteiger partial charge in [-0.3, -0.25) is 4.79 Å². The molecule has 0 bridgehead atoms. The number of sulfonamides is 1. The zero-order valence-electron chi connectivity index (χ0n) is 14.5. The molecule has 1 unspecified atom stereocenters. The van der Waals surface area contributed by atoms with E-state index in [1.54, 1.807) is 35.8 Å². The zero-order chi connectivity index (χ0) is 18.9. The monoisotopic (exact) mass is 401 g/mol. The van der Waals surface area contributed by atoms with Crippen LogP contribution >= 0.6 is 11.3 Å². The summed E-state index contributed by atoms with van der Waals surface area (Å²) in [6.45, 7) is 0.639. The number of aromatic nitrogens is 1. The van der Waals surface area contributed by atoms with Gasteiger partial charge in [0.2, 0.25) is 15.9 Å². The summed E-state index contributed by atoms with van der Waals surface area (Å²) in [6.07, 6.45) is 1.34. The molecule has 1 aliphatic heterocycles. The van der Waals surface area contributed by atoms with Gasteiger partial charge in [0.1, 0.15) is 0 Å². The predicted molar refractivity (Wildman–Crippen MR) is 106 cm³/mol. The Morgan fingerprint density at radius 1 is 1.19 bits per heavy atom. The van der Waals surface area contributed by atoms with Crippen LogP contribution in [0.5, 0.6) is 0 Å². The van der Waals surface area contributed by atoms with Crippen molar-refractivity contribution in [1.82, 2.24) is 9.29 Å². The summed E-state index contributed by atoms with van der Waals surface area (Å²) in [5.41, 5.74) is 3.37. The van der Waals surface area contributed by atoms with Crippen molar-refractivity contribution in [2.75, 3.05) is 18.4 Å². The van der Waals surface area contributed by atoms with Gasteiger partial charge in [0.05, 0.1) is 26.5 Å². The smallest absolute Gasteiger partial charge is 0.243 e. The van der Waals surface area contributed by atoms with Crippen LogP contribution in [0.25, 0.3) is 10.2 Å². The number of benzene rings is 2. The summed E-state index contributed by atoms with van der Waals surface area (Å²) in [6, 6.07) is 14.0. The number of hydrogen-bond donors (Lipinski definition) is 1. The number of thiazole rings is 1. The molecule has 0 aliphatic carbocycles. The van der Waals surface area contributed by atoms with Crippen LogP contribution in [0.15, 0.2) is 58.9 Å². The lowest BCUT2D eigenvalue weighted by atomic mass is 9.99. The van der Waals surface area contributed by atoms with Crippen LogP contribution in [-0.2, 0) is 14.8 Å². The highest BCUT2D eigenvalue weighted by atomic mass is 32.2. The third-order valence-corrected chi connectivity index (χ3v) is 7.41. The second-order valence-electron chi connectivity index (χ2n) is 6.54. The van der Waals surface area contributed by atoms with Crippen molar-refractivity contribution in [1.29, 1.82) is 0 Å². The summed E-state index contributed by atoms with van der Waals surface area (Å²) in [4.78, 5) is 17.2. The number of nitrogens with zero attached hydrogens (tertiary/aromatic N) is 2. The van der Waals surface area contributed by atoms with Crippen LogP contribution in [0.4, 0.5) is 5.69 Å². The molecule has 140 valence electrons. The average molecular weight is 402 g/mol. The molecule has 2 aromatic carbocycles. The highest BCUT2D eigenvalue weighted by molar-refractivity contribution is 7.89. The van der Waals surface area contributed by atoms with E-state index in [0.29, 0.717) is 25.1 Å². The van der Waals surface area contributed by atoms with Crippen molar-refractivity contribution in [2.45, 2.75) is 17.7 Å². The minimum Gasteiger partial charge on any atom is -0.326 e. The summed E-state index contributed by atoms with van der Waals surface area (Å²) >= 11 is 1.52. The maximum atomic E-state index is 12.8. The fraction of sp³-hybridized carbons (Fsp3) is 0.263. The number of carbonyl (C=O) groups excluding carboxylic acids is 1. The van der Waals surface area contributed by atoms with E-state index in [0.717, 1.165) is 10.2 Å². The Morgan fingerprint density at radius 3 is 2.81 bits per heavy atom. The molecule has 1 aliphatic rings. The summed E-state index contributed by atoms with van der Waals surface area (Å²) in [7, 11) is -3.58. The predicted octanol–water partition coefficient (Wildman–Crippen LogP) is 3.34. The molecule has 1 amide bonds. The van der Waals surface area contributed by atoms with Crippen LogP contribution in [0, 0.1) is 5.92 Å². The Balaban J connectivity index is 1.48. The number of rotatable bonds is 4. The lowest BCUT2D eigenvalue weighted by molar-refractivity contribution is -0.120. The molecule has 1 fully saturated rings. The van der Waals surface area contributed by atoms with E-state index in [1.807, 2.05) is 18.2 Å². The minimum atomic E-state index is -3.58. The van der Waals surface area contributed by atoms with Gasteiger partial charge < -0.3 is 5.32 Å². The van der Waals surface area contributed by atoms with E-state index in [4.69, 9.17) is 0 Å². The molecular formula is C19H19N3O3S2. The molecule has 0 spiro atoms. The first kappa shape index (κ1) is 18.1. The Labute approximate surface area is 161 Å². The first-order valence-electron chi connectivity index (χ1n) is 8.73. The van der Waals surface area contributed by atoms with Gasteiger partial charge in [-0.1, -0.05) is 18.2 Å². The second-order valence-corrected chi connectivity index (χ2v) is 9.36. The van der Waals surface area contributed by atoms with Gasteiger partial charge in [-0.25, -0.2) is 13.4 Å². The van der Waals surface area contributed by atoms with Crippen LogP contribution in [0.3, 0.4) is 0 Å². The number of piperidine rings is 1. The number of carbonyl (C=O) groups is 1. The van der Waals surface area contributed by atoms with E-state index >= 15 is 0 Å². The first-order chi connectivity index (χ1) is 13.0. The lowest BCUT2D eigenvalue weighted by Crippen LogP contribution is -2.43. The first-order valence-corrected chi connectivity index (χ1v) is 11.1. The van der Waals surface area contributed by atoms with E-state index < -0.39 is 10.0 Å². The number of fused-ring (bicyclic) bond motifs is 1. The Bertz CT molecular complexity index is 1060. The zero-order valence-corrected chi connectivity index (χ0v) is 16.2. The number of amides is 1. The van der Waals surface area contributed by atoms with Crippen LogP contribution in [-0.4, -0.2) is 36.7 Å². The van der Waals surface area contributed by atoms with Gasteiger partial charge >= 0.3 is 0 Å². The van der Waals surface area contributed by atoms with Gasteiger partial charge in [-0.15, -0.1) is 11.3 Å². The molecular weight excluding hydrogens is 382 g/mol. The molecule has 1 saturated heterocycles. The molecule has 1 aromatic heterocycles. The second kappa shape index (κ2) is 7.38. The maximum Gasteiger partial charge on any atom is 0.243 e. The quantitative estimate of drug-likeness (QED) is 0.727. The molecule has 3 aromatic rings. The highest BCUT2D eigenvalue weighted by Crippen LogP contribution is 2.26. The van der Waals surface area contributed by atoms with Crippen molar-refractivity contribution in [3.63, 3.8) is 0 Å². The molecule has 27 heavy (non-hydrogen) atoms. The van der Waals surface area contributed by atoms with Crippen molar-refractivity contribution in [3.8, 4) is 0 Å². The normalized spacial score (nSPS) is 18.4. The van der Waals surface area contributed by atoms with Crippen LogP contribution < -0.4 is 5.32 Å². The van der Waals surface area contributed by atoms with Crippen LogP contribution in [0.2, 0.25) is 0 Å². The topological polar surface area (TPSA) is 79.4 Å². The van der Waals surface area contributed by atoms with E-state index in [-0.39, 0.29) is 23.3 Å². The molecule has 0 radical (unpaired) electrons. The van der Waals surface area contributed by atoms with Crippen molar-refractivity contribution >= 4 is 43.2 Å². The van der Waals surface area contributed by atoms with Gasteiger partial charge in [0.25, 0.3) is 0 Å². The fourth-order valence-corrected chi connectivity index (χ4v) is 5.55. The summed E-state index contributed by atoms with van der Waals surface area (Å²) in [5.74, 6) is -0.513. The van der Waals surface area contributed by atoms with E-state index in [1.165, 1.54) is 15.6 Å². The largest absolute Gasteiger partial charge is 0.326 e. The van der Waals surface area contributed by atoms with Gasteiger partial charge in [0, 0.05) is 18.8 Å². The van der Waals surface area contributed by atoms with Crippen molar-refractivity contribution in [2.24, 2.45) is 5.92 Å².